The highest BCUT2D eigenvalue weighted by atomic mass is 35.5. The molecule has 7 heteroatoms. The summed E-state index contributed by atoms with van der Waals surface area (Å²) >= 11 is 6.14. The van der Waals surface area contributed by atoms with Crippen molar-refractivity contribution < 1.29 is 9.32 Å². The summed E-state index contributed by atoms with van der Waals surface area (Å²) in [6.45, 7) is 6.51. The standard InChI is InChI=1S/C15H19ClN4O2/c1-9-7-12(18-22-9)13-5-4-6-19(13)14(21)8-20-11(3)15(16)10(2)17-20/h7,13H,4-6,8H2,1-3H3/t13-/m1/s1. The zero-order valence-electron chi connectivity index (χ0n) is 13.0. The van der Waals surface area contributed by atoms with E-state index in [0.29, 0.717) is 5.02 Å². The molecule has 0 saturated carbocycles. The molecule has 0 spiro atoms. The minimum atomic E-state index is -0.00242. The van der Waals surface area contributed by atoms with Crippen molar-refractivity contribution in [3.8, 4) is 0 Å². The molecule has 0 unspecified atom stereocenters. The second kappa shape index (κ2) is 5.76. The molecule has 1 saturated heterocycles. The molecule has 3 heterocycles. The van der Waals surface area contributed by atoms with E-state index in [-0.39, 0.29) is 18.5 Å². The van der Waals surface area contributed by atoms with Gasteiger partial charge >= 0.3 is 0 Å². The quantitative estimate of drug-likeness (QED) is 0.871. The van der Waals surface area contributed by atoms with Crippen molar-refractivity contribution >= 4 is 17.5 Å². The number of aryl methyl sites for hydroxylation is 2. The third-order valence-electron chi connectivity index (χ3n) is 4.14. The maximum Gasteiger partial charge on any atom is 0.244 e. The first-order chi connectivity index (χ1) is 10.5. The normalized spacial score (nSPS) is 18.2. The van der Waals surface area contributed by atoms with Crippen LogP contribution in [0.5, 0.6) is 0 Å². The number of hydrogen-bond acceptors (Lipinski definition) is 4. The van der Waals surface area contributed by atoms with Gasteiger partial charge in [0, 0.05) is 12.6 Å². The van der Waals surface area contributed by atoms with E-state index in [0.717, 1.165) is 42.2 Å². The van der Waals surface area contributed by atoms with Crippen molar-refractivity contribution in [2.75, 3.05) is 6.54 Å². The smallest absolute Gasteiger partial charge is 0.244 e. The Morgan fingerprint density at radius 3 is 2.82 bits per heavy atom. The van der Waals surface area contributed by atoms with Gasteiger partial charge in [-0.05, 0) is 33.6 Å². The van der Waals surface area contributed by atoms with Gasteiger partial charge in [-0.2, -0.15) is 5.10 Å². The molecule has 22 heavy (non-hydrogen) atoms. The molecule has 0 bridgehead atoms. The number of amides is 1. The summed E-state index contributed by atoms with van der Waals surface area (Å²) in [7, 11) is 0. The summed E-state index contributed by atoms with van der Waals surface area (Å²) in [5, 5.41) is 9.01. The second-order valence-electron chi connectivity index (χ2n) is 5.75. The van der Waals surface area contributed by atoms with E-state index >= 15 is 0 Å². The fourth-order valence-electron chi connectivity index (χ4n) is 2.96. The molecule has 6 nitrogen and oxygen atoms in total. The molecule has 1 aliphatic rings. The van der Waals surface area contributed by atoms with Gasteiger partial charge in [-0.1, -0.05) is 16.8 Å². The zero-order chi connectivity index (χ0) is 15.9. The average molecular weight is 323 g/mol. The number of carbonyl (C=O) groups is 1. The van der Waals surface area contributed by atoms with Crippen LogP contribution in [-0.4, -0.2) is 32.3 Å². The topological polar surface area (TPSA) is 64.2 Å². The Labute approximate surface area is 134 Å². The summed E-state index contributed by atoms with van der Waals surface area (Å²) in [5.41, 5.74) is 2.40. The molecule has 2 aromatic heterocycles. The Balaban J connectivity index is 1.77. The Morgan fingerprint density at radius 2 is 2.23 bits per heavy atom. The Morgan fingerprint density at radius 1 is 1.45 bits per heavy atom. The molecular formula is C15H19ClN4O2. The fraction of sp³-hybridized carbons (Fsp3) is 0.533. The molecule has 0 N–H and O–H groups in total. The van der Waals surface area contributed by atoms with Gasteiger partial charge in [0.1, 0.15) is 18.0 Å². The van der Waals surface area contributed by atoms with Crippen LogP contribution in [0, 0.1) is 20.8 Å². The van der Waals surface area contributed by atoms with Gasteiger partial charge in [-0.15, -0.1) is 0 Å². The first-order valence-electron chi connectivity index (χ1n) is 7.39. The lowest BCUT2D eigenvalue weighted by molar-refractivity contribution is -0.133. The second-order valence-corrected chi connectivity index (χ2v) is 6.13. The number of likely N-dealkylation sites (tertiary alicyclic amines) is 1. The van der Waals surface area contributed by atoms with Crippen LogP contribution in [0.15, 0.2) is 10.6 Å². The fourth-order valence-corrected chi connectivity index (χ4v) is 3.10. The summed E-state index contributed by atoms with van der Waals surface area (Å²) < 4.78 is 6.81. The molecule has 0 radical (unpaired) electrons. The highest BCUT2D eigenvalue weighted by Crippen LogP contribution is 2.32. The van der Waals surface area contributed by atoms with Gasteiger partial charge in [0.05, 0.1) is 22.5 Å². The third kappa shape index (κ3) is 2.63. The van der Waals surface area contributed by atoms with E-state index in [9.17, 15) is 4.79 Å². The molecule has 1 aliphatic heterocycles. The van der Waals surface area contributed by atoms with E-state index in [1.54, 1.807) is 4.68 Å². The predicted octanol–water partition coefficient (Wildman–Crippen LogP) is 2.81. The molecule has 1 atom stereocenters. The maximum absolute atomic E-state index is 12.6. The van der Waals surface area contributed by atoms with Gasteiger partial charge in [0.2, 0.25) is 5.91 Å². The summed E-state index contributed by atoms with van der Waals surface area (Å²) in [5.74, 6) is 0.796. The van der Waals surface area contributed by atoms with E-state index in [1.165, 1.54) is 0 Å². The molecule has 0 aliphatic carbocycles. The van der Waals surface area contributed by atoms with Gasteiger partial charge in [-0.3, -0.25) is 9.48 Å². The Hall–Kier alpha value is -1.82. The molecule has 118 valence electrons. The monoisotopic (exact) mass is 322 g/mol. The Kier molecular flexibility index (Phi) is 3.95. The molecular weight excluding hydrogens is 304 g/mol. The minimum Gasteiger partial charge on any atom is -0.361 e. The molecule has 3 rings (SSSR count). The summed E-state index contributed by atoms with van der Waals surface area (Å²) in [6.07, 6.45) is 1.88. The van der Waals surface area contributed by atoms with Crippen LogP contribution in [-0.2, 0) is 11.3 Å². The number of nitrogens with zero attached hydrogens (tertiary/aromatic N) is 4. The molecule has 0 aromatic carbocycles. The van der Waals surface area contributed by atoms with Crippen molar-refractivity contribution in [3.05, 3.63) is 33.9 Å². The lowest BCUT2D eigenvalue weighted by Gasteiger charge is -2.23. The highest BCUT2D eigenvalue weighted by molar-refractivity contribution is 6.31. The van der Waals surface area contributed by atoms with Gasteiger partial charge in [0.25, 0.3) is 0 Å². The molecule has 2 aromatic rings. The predicted molar refractivity (Wildman–Crippen MR) is 81.6 cm³/mol. The molecule has 1 fully saturated rings. The van der Waals surface area contributed by atoms with Crippen LogP contribution >= 0.6 is 11.6 Å². The first-order valence-corrected chi connectivity index (χ1v) is 7.77. The van der Waals surface area contributed by atoms with E-state index < -0.39 is 0 Å². The van der Waals surface area contributed by atoms with E-state index in [2.05, 4.69) is 10.3 Å². The van der Waals surface area contributed by atoms with E-state index in [4.69, 9.17) is 16.1 Å². The zero-order valence-corrected chi connectivity index (χ0v) is 13.7. The number of halogens is 1. The van der Waals surface area contributed by atoms with Crippen LogP contribution in [0.1, 0.15) is 41.7 Å². The first kappa shape index (κ1) is 15.1. The van der Waals surface area contributed by atoms with Crippen LogP contribution in [0.2, 0.25) is 5.02 Å². The lowest BCUT2D eigenvalue weighted by Crippen LogP contribution is -2.34. The number of hydrogen-bond donors (Lipinski definition) is 0. The molecule has 1 amide bonds. The lowest BCUT2D eigenvalue weighted by atomic mass is 10.1. The van der Waals surface area contributed by atoms with Crippen LogP contribution in [0.3, 0.4) is 0 Å². The number of rotatable bonds is 3. The maximum atomic E-state index is 12.6. The van der Waals surface area contributed by atoms with Crippen LogP contribution in [0.25, 0.3) is 0 Å². The van der Waals surface area contributed by atoms with Crippen molar-refractivity contribution in [2.24, 2.45) is 0 Å². The largest absolute Gasteiger partial charge is 0.361 e. The highest BCUT2D eigenvalue weighted by Gasteiger charge is 2.32. The average Bonchev–Trinajstić information content (AvgIpc) is 3.16. The van der Waals surface area contributed by atoms with Crippen molar-refractivity contribution in [3.63, 3.8) is 0 Å². The van der Waals surface area contributed by atoms with Crippen molar-refractivity contribution in [1.82, 2.24) is 19.8 Å². The number of carbonyl (C=O) groups excluding carboxylic acids is 1. The SMILES string of the molecule is Cc1cc([C@H]2CCCN2C(=O)Cn2nc(C)c(Cl)c2C)no1. The van der Waals surface area contributed by atoms with E-state index in [1.807, 2.05) is 31.7 Å². The van der Waals surface area contributed by atoms with Crippen molar-refractivity contribution in [2.45, 2.75) is 46.2 Å². The van der Waals surface area contributed by atoms with Crippen LogP contribution < -0.4 is 0 Å². The summed E-state index contributed by atoms with van der Waals surface area (Å²) in [4.78, 5) is 14.5. The third-order valence-corrected chi connectivity index (χ3v) is 4.69. The van der Waals surface area contributed by atoms with Gasteiger partial charge < -0.3 is 9.42 Å². The summed E-state index contributed by atoms with van der Waals surface area (Å²) in [6, 6.07) is 1.90. The van der Waals surface area contributed by atoms with Crippen LogP contribution in [0.4, 0.5) is 0 Å². The van der Waals surface area contributed by atoms with Gasteiger partial charge in [0.15, 0.2) is 0 Å². The minimum absolute atomic E-state index is 0.00242. The Bertz CT molecular complexity index is 706. The van der Waals surface area contributed by atoms with Crippen molar-refractivity contribution in [1.29, 1.82) is 0 Å². The number of aromatic nitrogens is 3. The van der Waals surface area contributed by atoms with Gasteiger partial charge in [-0.25, -0.2) is 0 Å².